The van der Waals surface area contributed by atoms with Crippen molar-refractivity contribution in [2.45, 2.75) is 0 Å². The van der Waals surface area contributed by atoms with E-state index < -0.39 is 0 Å². The van der Waals surface area contributed by atoms with E-state index in [-0.39, 0.29) is 5.91 Å². The number of benzene rings is 1. The lowest BCUT2D eigenvalue weighted by Crippen LogP contribution is -2.18. The summed E-state index contributed by atoms with van der Waals surface area (Å²) >= 11 is 0. The van der Waals surface area contributed by atoms with Crippen LogP contribution in [0.1, 0.15) is 15.9 Å². The lowest BCUT2D eigenvalue weighted by Gasteiger charge is -2.05. The summed E-state index contributed by atoms with van der Waals surface area (Å²) in [7, 11) is 1.52. The van der Waals surface area contributed by atoms with Gasteiger partial charge in [-0.3, -0.25) is 9.78 Å². The Morgan fingerprint density at radius 3 is 2.89 bits per heavy atom. The molecule has 19 heavy (non-hydrogen) atoms. The van der Waals surface area contributed by atoms with E-state index in [9.17, 15) is 4.79 Å². The largest absolute Gasteiger partial charge is 0.496 e. The van der Waals surface area contributed by atoms with E-state index in [4.69, 9.17) is 4.74 Å². The number of hydrogen-bond donors (Lipinski definition) is 1. The first-order chi connectivity index (χ1) is 9.31. The molecule has 1 amide bonds. The second-order valence-corrected chi connectivity index (χ2v) is 3.69. The highest BCUT2D eigenvalue weighted by Crippen LogP contribution is 2.16. The van der Waals surface area contributed by atoms with E-state index in [1.807, 2.05) is 6.07 Å². The number of aromatic nitrogens is 1. The maximum Gasteiger partial charge on any atom is 0.275 e. The first kappa shape index (κ1) is 12.8. The average Bonchev–Trinajstić information content (AvgIpc) is 2.48. The van der Waals surface area contributed by atoms with Crippen LogP contribution in [0.2, 0.25) is 0 Å². The fourth-order valence-electron chi connectivity index (χ4n) is 1.51. The minimum Gasteiger partial charge on any atom is -0.496 e. The van der Waals surface area contributed by atoms with Gasteiger partial charge < -0.3 is 4.74 Å². The van der Waals surface area contributed by atoms with Gasteiger partial charge in [-0.05, 0) is 18.2 Å². The molecule has 2 aromatic rings. The maximum atomic E-state index is 11.9. The summed E-state index contributed by atoms with van der Waals surface area (Å²) < 4.78 is 5.11. The monoisotopic (exact) mass is 255 g/mol. The van der Waals surface area contributed by atoms with Crippen LogP contribution >= 0.6 is 0 Å². The Morgan fingerprint density at radius 1 is 1.32 bits per heavy atom. The molecule has 0 atom stereocenters. The minimum absolute atomic E-state index is 0.322. The molecule has 0 aliphatic rings. The molecule has 96 valence electrons. The van der Waals surface area contributed by atoms with Gasteiger partial charge in [-0.1, -0.05) is 18.2 Å². The third-order valence-corrected chi connectivity index (χ3v) is 2.42. The van der Waals surface area contributed by atoms with Gasteiger partial charge in [0, 0.05) is 18.0 Å². The highest BCUT2D eigenvalue weighted by molar-refractivity contribution is 5.97. The molecular weight excluding hydrogens is 242 g/mol. The van der Waals surface area contributed by atoms with Gasteiger partial charge in [0.1, 0.15) is 5.75 Å². The van der Waals surface area contributed by atoms with Crippen molar-refractivity contribution in [2.75, 3.05) is 7.11 Å². The van der Waals surface area contributed by atoms with Crippen LogP contribution in [0.25, 0.3) is 0 Å². The molecule has 1 aromatic heterocycles. The van der Waals surface area contributed by atoms with Gasteiger partial charge >= 0.3 is 0 Å². The van der Waals surface area contributed by atoms with Crippen LogP contribution < -0.4 is 10.2 Å². The Labute approximate surface area is 110 Å². The number of amides is 1. The normalized spacial score (nSPS) is 10.4. The van der Waals surface area contributed by atoms with Crippen molar-refractivity contribution in [3.8, 4) is 5.75 Å². The van der Waals surface area contributed by atoms with Crippen molar-refractivity contribution < 1.29 is 9.53 Å². The van der Waals surface area contributed by atoms with Crippen molar-refractivity contribution in [2.24, 2.45) is 5.10 Å². The van der Waals surface area contributed by atoms with Gasteiger partial charge in [0.05, 0.1) is 18.9 Å². The summed E-state index contributed by atoms with van der Waals surface area (Å²) in [5.74, 6) is 0.189. The molecule has 2 rings (SSSR count). The van der Waals surface area contributed by atoms with E-state index >= 15 is 0 Å². The molecule has 1 N–H and O–H groups in total. The predicted molar refractivity (Wildman–Crippen MR) is 72.3 cm³/mol. The zero-order valence-corrected chi connectivity index (χ0v) is 10.4. The molecule has 0 saturated carbocycles. The number of ether oxygens (including phenoxy) is 1. The van der Waals surface area contributed by atoms with E-state index in [2.05, 4.69) is 15.5 Å². The zero-order valence-electron chi connectivity index (χ0n) is 10.4. The molecule has 0 radical (unpaired) electrons. The first-order valence-corrected chi connectivity index (χ1v) is 5.67. The molecule has 0 aliphatic heterocycles. The lowest BCUT2D eigenvalue weighted by molar-refractivity contribution is 0.0952. The number of pyridine rings is 1. The average molecular weight is 255 g/mol. The van der Waals surface area contributed by atoms with Crippen LogP contribution in [0.15, 0.2) is 53.9 Å². The van der Waals surface area contributed by atoms with Crippen molar-refractivity contribution >= 4 is 12.1 Å². The Bertz CT molecular complexity index is 582. The van der Waals surface area contributed by atoms with E-state index in [1.165, 1.54) is 13.3 Å². The predicted octanol–water partition coefficient (Wildman–Crippen LogP) is 1.85. The second-order valence-electron chi connectivity index (χ2n) is 3.69. The molecule has 0 spiro atoms. The van der Waals surface area contributed by atoms with Gasteiger partial charge in [0.2, 0.25) is 0 Å². The highest BCUT2D eigenvalue weighted by Gasteiger charge is 2.09. The molecule has 1 aromatic carbocycles. The van der Waals surface area contributed by atoms with Crippen LogP contribution in [-0.4, -0.2) is 24.2 Å². The Hall–Kier alpha value is -2.69. The first-order valence-electron chi connectivity index (χ1n) is 5.67. The van der Waals surface area contributed by atoms with Gasteiger partial charge in [-0.25, -0.2) is 5.43 Å². The molecule has 0 bridgehead atoms. The summed E-state index contributed by atoms with van der Waals surface area (Å²) in [5.41, 5.74) is 3.69. The van der Waals surface area contributed by atoms with Gasteiger partial charge in [0.25, 0.3) is 5.91 Å². The van der Waals surface area contributed by atoms with E-state index in [0.29, 0.717) is 11.3 Å². The number of rotatable bonds is 4. The number of hydrogen-bond acceptors (Lipinski definition) is 4. The standard InChI is InChI=1S/C14H13N3O2/c1-19-13-7-3-2-6-12(13)14(18)17-16-10-11-5-4-8-15-9-11/h2-10H,1H3,(H,17,18)/b16-10-. The minimum atomic E-state index is -0.322. The maximum absolute atomic E-state index is 11.9. The smallest absolute Gasteiger partial charge is 0.275 e. The zero-order chi connectivity index (χ0) is 13.5. The molecule has 0 aliphatic carbocycles. The fourth-order valence-corrected chi connectivity index (χ4v) is 1.51. The Kier molecular flexibility index (Phi) is 4.23. The van der Waals surface area contributed by atoms with Gasteiger partial charge in [-0.15, -0.1) is 0 Å². The van der Waals surface area contributed by atoms with E-state index in [0.717, 1.165) is 5.56 Å². The summed E-state index contributed by atoms with van der Waals surface area (Å²) in [4.78, 5) is 15.8. The molecule has 5 heteroatoms. The van der Waals surface area contributed by atoms with Gasteiger partial charge in [0.15, 0.2) is 0 Å². The van der Waals surface area contributed by atoms with Crippen LogP contribution in [-0.2, 0) is 0 Å². The van der Waals surface area contributed by atoms with Crippen LogP contribution in [0.3, 0.4) is 0 Å². The third-order valence-electron chi connectivity index (χ3n) is 2.42. The number of carbonyl (C=O) groups excluding carboxylic acids is 1. The molecular formula is C14H13N3O2. The van der Waals surface area contributed by atoms with Crippen molar-refractivity contribution in [1.29, 1.82) is 0 Å². The van der Waals surface area contributed by atoms with Crippen LogP contribution in [0, 0.1) is 0 Å². The van der Waals surface area contributed by atoms with Crippen molar-refractivity contribution in [3.05, 3.63) is 59.9 Å². The number of nitrogens with zero attached hydrogens (tertiary/aromatic N) is 2. The molecule has 5 nitrogen and oxygen atoms in total. The number of para-hydroxylation sites is 1. The highest BCUT2D eigenvalue weighted by atomic mass is 16.5. The SMILES string of the molecule is COc1ccccc1C(=O)N/N=C\c1cccnc1. The van der Waals surface area contributed by atoms with Crippen LogP contribution in [0.4, 0.5) is 0 Å². The molecule has 0 saturated heterocycles. The summed E-state index contributed by atoms with van der Waals surface area (Å²) in [6.07, 6.45) is 4.85. The number of hydrazone groups is 1. The number of methoxy groups -OCH3 is 1. The van der Waals surface area contributed by atoms with E-state index in [1.54, 1.807) is 42.7 Å². The Morgan fingerprint density at radius 2 is 2.16 bits per heavy atom. The molecule has 0 fully saturated rings. The molecule has 1 heterocycles. The topological polar surface area (TPSA) is 63.6 Å². The van der Waals surface area contributed by atoms with Gasteiger partial charge in [-0.2, -0.15) is 5.10 Å². The summed E-state index contributed by atoms with van der Waals surface area (Å²) in [6, 6.07) is 10.6. The van der Waals surface area contributed by atoms with Crippen molar-refractivity contribution in [1.82, 2.24) is 10.4 Å². The van der Waals surface area contributed by atoms with Crippen molar-refractivity contribution in [3.63, 3.8) is 0 Å². The molecule has 0 unspecified atom stereocenters. The quantitative estimate of drug-likeness (QED) is 0.670. The number of nitrogens with one attached hydrogen (secondary N) is 1. The van der Waals surface area contributed by atoms with Crippen LogP contribution in [0.5, 0.6) is 5.75 Å². The summed E-state index contributed by atoms with van der Waals surface area (Å²) in [6.45, 7) is 0. The lowest BCUT2D eigenvalue weighted by atomic mass is 10.2. The Balaban J connectivity index is 2.04. The fraction of sp³-hybridized carbons (Fsp3) is 0.0714. The summed E-state index contributed by atoms with van der Waals surface area (Å²) in [5, 5.41) is 3.87. The third kappa shape index (κ3) is 3.38. The number of carbonyl (C=O) groups is 1. The second kappa shape index (κ2) is 6.30.